The van der Waals surface area contributed by atoms with Gasteiger partial charge >= 0.3 is 0 Å². The number of rotatable bonds is 3. The molecule has 0 spiro atoms. The van der Waals surface area contributed by atoms with E-state index in [0.29, 0.717) is 17.7 Å². The van der Waals surface area contributed by atoms with Crippen LogP contribution < -0.4 is 10.2 Å². The van der Waals surface area contributed by atoms with Crippen molar-refractivity contribution in [2.75, 3.05) is 16.8 Å². The minimum absolute atomic E-state index is 0.00328. The first-order valence-corrected chi connectivity index (χ1v) is 10.3. The number of hydrogen-bond donors (Lipinski definition) is 1. The van der Waals surface area contributed by atoms with Crippen LogP contribution in [0.25, 0.3) is 0 Å². The van der Waals surface area contributed by atoms with E-state index in [2.05, 4.69) is 5.32 Å². The Balaban J connectivity index is 1.58. The molecule has 0 radical (unpaired) electrons. The third-order valence-corrected chi connectivity index (χ3v) is 5.65. The maximum atomic E-state index is 13.0. The van der Waals surface area contributed by atoms with Crippen LogP contribution in [0.4, 0.5) is 11.4 Å². The Morgan fingerprint density at radius 1 is 0.833 bits per heavy atom. The van der Waals surface area contributed by atoms with Crippen molar-refractivity contribution in [2.45, 2.75) is 33.6 Å². The molecule has 1 aliphatic heterocycles. The summed E-state index contributed by atoms with van der Waals surface area (Å²) in [6.07, 6.45) is 1.74. The van der Waals surface area contributed by atoms with Gasteiger partial charge < -0.3 is 10.2 Å². The molecule has 0 saturated heterocycles. The van der Waals surface area contributed by atoms with Gasteiger partial charge in [-0.2, -0.15) is 0 Å². The number of carbonyl (C=O) groups excluding carboxylic acids is 2. The average Bonchev–Trinajstić information content (AvgIpc) is 2.75. The van der Waals surface area contributed by atoms with Gasteiger partial charge in [-0.3, -0.25) is 9.59 Å². The zero-order valence-corrected chi connectivity index (χ0v) is 17.7. The SMILES string of the molecule is Cc1ccc(C(=O)N2CCCc3cc(C(=O)Nc4cc(C)ccc4C)ccc32)cc1. The molecule has 4 heteroatoms. The number of nitrogens with zero attached hydrogens (tertiary/aromatic N) is 1. The minimum Gasteiger partial charge on any atom is -0.322 e. The van der Waals surface area contributed by atoms with Crippen LogP contribution >= 0.6 is 0 Å². The fourth-order valence-electron chi connectivity index (χ4n) is 3.87. The Morgan fingerprint density at radius 2 is 1.53 bits per heavy atom. The van der Waals surface area contributed by atoms with Gasteiger partial charge in [-0.25, -0.2) is 0 Å². The van der Waals surface area contributed by atoms with Crippen molar-refractivity contribution >= 4 is 23.2 Å². The second-order valence-corrected chi connectivity index (χ2v) is 8.04. The van der Waals surface area contributed by atoms with Crippen LogP contribution in [0.1, 0.15) is 49.4 Å². The highest BCUT2D eigenvalue weighted by Gasteiger charge is 2.24. The van der Waals surface area contributed by atoms with Crippen LogP contribution in [0.2, 0.25) is 0 Å². The standard InChI is InChI=1S/C26H26N2O2/c1-17-7-10-20(11-8-17)26(30)28-14-4-5-21-16-22(12-13-24(21)28)25(29)27-23-15-18(2)6-9-19(23)3/h6-13,15-16H,4-5,14H2,1-3H3,(H,27,29). The van der Waals surface area contributed by atoms with Crippen molar-refractivity contribution in [1.29, 1.82) is 0 Å². The summed E-state index contributed by atoms with van der Waals surface area (Å²) in [4.78, 5) is 27.7. The predicted octanol–water partition coefficient (Wildman–Crippen LogP) is 5.46. The first kappa shape index (κ1) is 19.9. The molecule has 0 fully saturated rings. The highest BCUT2D eigenvalue weighted by Crippen LogP contribution is 2.30. The third-order valence-electron chi connectivity index (χ3n) is 5.65. The Labute approximate surface area is 177 Å². The van der Waals surface area contributed by atoms with E-state index in [-0.39, 0.29) is 11.8 Å². The topological polar surface area (TPSA) is 49.4 Å². The van der Waals surface area contributed by atoms with Crippen molar-refractivity contribution < 1.29 is 9.59 Å². The molecule has 1 N–H and O–H groups in total. The van der Waals surface area contributed by atoms with Gasteiger partial charge in [-0.1, -0.05) is 29.8 Å². The van der Waals surface area contributed by atoms with Crippen LogP contribution in [0.5, 0.6) is 0 Å². The van der Waals surface area contributed by atoms with Crippen molar-refractivity contribution in [3.63, 3.8) is 0 Å². The lowest BCUT2D eigenvalue weighted by Crippen LogP contribution is -2.35. The first-order chi connectivity index (χ1) is 14.4. The Hall–Kier alpha value is -3.40. The summed E-state index contributed by atoms with van der Waals surface area (Å²) in [6, 6.07) is 19.3. The van der Waals surface area contributed by atoms with Crippen LogP contribution in [-0.2, 0) is 6.42 Å². The minimum atomic E-state index is -0.131. The summed E-state index contributed by atoms with van der Waals surface area (Å²) in [6.45, 7) is 6.69. The molecular formula is C26H26N2O2. The zero-order valence-electron chi connectivity index (χ0n) is 17.7. The van der Waals surface area contributed by atoms with E-state index in [1.54, 1.807) is 6.07 Å². The highest BCUT2D eigenvalue weighted by atomic mass is 16.2. The molecule has 4 rings (SSSR count). The maximum absolute atomic E-state index is 13.0. The van der Waals surface area contributed by atoms with E-state index in [0.717, 1.165) is 46.5 Å². The van der Waals surface area contributed by atoms with E-state index < -0.39 is 0 Å². The van der Waals surface area contributed by atoms with Gasteiger partial charge in [0.25, 0.3) is 11.8 Å². The number of amides is 2. The summed E-state index contributed by atoms with van der Waals surface area (Å²) in [7, 11) is 0. The third kappa shape index (κ3) is 3.99. The van der Waals surface area contributed by atoms with Crippen LogP contribution in [-0.4, -0.2) is 18.4 Å². The Kier molecular flexibility index (Phi) is 5.40. The molecule has 1 heterocycles. The maximum Gasteiger partial charge on any atom is 0.258 e. The summed E-state index contributed by atoms with van der Waals surface area (Å²) < 4.78 is 0. The molecule has 4 nitrogen and oxygen atoms in total. The number of fused-ring (bicyclic) bond motifs is 1. The largest absolute Gasteiger partial charge is 0.322 e. The molecule has 0 saturated carbocycles. The number of anilines is 2. The summed E-state index contributed by atoms with van der Waals surface area (Å²) in [5.41, 5.74) is 7.32. The number of carbonyl (C=O) groups is 2. The Morgan fingerprint density at radius 3 is 2.30 bits per heavy atom. The van der Waals surface area contributed by atoms with E-state index in [1.165, 1.54) is 0 Å². The fraction of sp³-hybridized carbons (Fsp3) is 0.231. The normalized spacial score (nSPS) is 13.0. The molecule has 0 unspecified atom stereocenters. The lowest BCUT2D eigenvalue weighted by atomic mass is 9.98. The predicted molar refractivity (Wildman–Crippen MR) is 121 cm³/mol. The monoisotopic (exact) mass is 398 g/mol. The summed E-state index contributed by atoms with van der Waals surface area (Å²) >= 11 is 0. The van der Waals surface area contributed by atoms with Gasteiger partial charge in [-0.15, -0.1) is 0 Å². The molecule has 2 amide bonds. The second-order valence-electron chi connectivity index (χ2n) is 8.04. The zero-order chi connectivity index (χ0) is 21.3. The molecule has 0 aromatic heterocycles. The molecule has 0 bridgehead atoms. The fourth-order valence-corrected chi connectivity index (χ4v) is 3.87. The Bertz CT molecular complexity index is 1120. The molecule has 3 aromatic carbocycles. The van der Waals surface area contributed by atoms with Gasteiger partial charge in [0, 0.05) is 29.0 Å². The first-order valence-electron chi connectivity index (χ1n) is 10.3. The van der Waals surface area contributed by atoms with Crippen LogP contribution in [0.3, 0.4) is 0 Å². The highest BCUT2D eigenvalue weighted by molar-refractivity contribution is 6.08. The number of aryl methyl sites for hydroxylation is 4. The van der Waals surface area contributed by atoms with E-state index in [4.69, 9.17) is 0 Å². The van der Waals surface area contributed by atoms with Gasteiger partial charge in [0.15, 0.2) is 0 Å². The van der Waals surface area contributed by atoms with Crippen molar-refractivity contribution in [2.24, 2.45) is 0 Å². The lowest BCUT2D eigenvalue weighted by Gasteiger charge is -2.30. The van der Waals surface area contributed by atoms with E-state index in [1.807, 2.05) is 80.3 Å². The van der Waals surface area contributed by atoms with Crippen molar-refractivity contribution in [1.82, 2.24) is 0 Å². The van der Waals surface area contributed by atoms with Crippen LogP contribution in [0.15, 0.2) is 60.7 Å². The average molecular weight is 399 g/mol. The van der Waals surface area contributed by atoms with Crippen molar-refractivity contribution in [3.05, 3.63) is 94.0 Å². The summed E-state index contributed by atoms with van der Waals surface area (Å²) in [5.74, 6) is -0.128. The number of benzene rings is 3. The molecular weight excluding hydrogens is 372 g/mol. The molecule has 0 aliphatic carbocycles. The summed E-state index contributed by atoms with van der Waals surface area (Å²) in [5, 5.41) is 3.02. The number of hydrogen-bond acceptors (Lipinski definition) is 2. The molecule has 1 aliphatic rings. The second kappa shape index (κ2) is 8.15. The molecule has 152 valence electrons. The van der Waals surface area contributed by atoms with Gasteiger partial charge in [0.1, 0.15) is 0 Å². The van der Waals surface area contributed by atoms with Gasteiger partial charge in [0.05, 0.1) is 0 Å². The van der Waals surface area contributed by atoms with Gasteiger partial charge in [-0.05, 0) is 86.7 Å². The van der Waals surface area contributed by atoms with Crippen LogP contribution in [0, 0.1) is 20.8 Å². The quantitative estimate of drug-likeness (QED) is 0.637. The smallest absolute Gasteiger partial charge is 0.258 e. The van der Waals surface area contributed by atoms with Gasteiger partial charge in [0.2, 0.25) is 0 Å². The van der Waals surface area contributed by atoms with Crippen molar-refractivity contribution in [3.8, 4) is 0 Å². The molecule has 30 heavy (non-hydrogen) atoms. The molecule has 3 aromatic rings. The number of nitrogens with one attached hydrogen (secondary N) is 1. The van der Waals surface area contributed by atoms with E-state index in [9.17, 15) is 9.59 Å². The molecule has 0 atom stereocenters. The van der Waals surface area contributed by atoms with E-state index >= 15 is 0 Å². The lowest BCUT2D eigenvalue weighted by molar-refractivity contribution is 0.0984.